The molecule has 0 aliphatic heterocycles. The van der Waals surface area contributed by atoms with Gasteiger partial charge in [0.1, 0.15) is 0 Å². The third-order valence-electron chi connectivity index (χ3n) is 2.48. The average molecular weight is 252 g/mol. The van der Waals surface area contributed by atoms with Gasteiger partial charge in [0.2, 0.25) is 5.95 Å². The van der Waals surface area contributed by atoms with Gasteiger partial charge in [0.25, 0.3) is 0 Å². The summed E-state index contributed by atoms with van der Waals surface area (Å²) in [6, 6.07) is 7.55. The summed E-state index contributed by atoms with van der Waals surface area (Å²) in [4.78, 5) is 0. The van der Waals surface area contributed by atoms with Crippen molar-refractivity contribution in [1.29, 1.82) is 0 Å². The first-order valence-corrected chi connectivity index (χ1v) is 5.64. The molecule has 0 aliphatic carbocycles. The molecule has 2 aromatic rings. The number of benzene rings is 1. The van der Waals surface area contributed by atoms with Crippen molar-refractivity contribution in [2.45, 2.75) is 6.54 Å². The van der Waals surface area contributed by atoms with Gasteiger partial charge in [0, 0.05) is 24.8 Å². The predicted octanol–water partition coefficient (Wildman–Crippen LogP) is 2.12. The van der Waals surface area contributed by atoms with Gasteiger partial charge < -0.3 is 10.6 Å². The molecule has 0 saturated heterocycles. The van der Waals surface area contributed by atoms with Gasteiger partial charge in [0.15, 0.2) is 5.82 Å². The average Bonchev–Trinajstić information content (AvgIpc) is 2.69. The van der Waals surface area contributed by atoms with E-state index < -0.39 is 0 Å². The van der Waals surface area contributed by atoms with Gasteiger partial charge in [-0.3, -0.25) is 4.57 Å². The Bertz CT molecular complexity index is 491. The molecule has 1 aromatic carbocycles. The lowest BCUT2D eigenvalue weighted by Crippen LogP contribution is -2.07. The lowest BCUT2D eigenvalue weighted by Gasteiger charge is -2.06. The van der Waals surface area contributed by atoms with Crippen molar-refractivity contribution < 1.29 is 0 Å². The largest absolute Gasteiger partial charge is 0.378 e. The molecule has 1 heterocycles. The van der Waals surface area contributed by atoms with E-state index in [4.69, 9.17) is 11.6 Å². The summed E-state index contributed by atoms with van der Waals surface area (Å²) >= 11 is 5.81. The summed E-state index contributed by atoms with van der Waals surface area (Å²) in [5, 5.41) is 15.0. The van der Waals surface area contributed by atoms with Crippen molar-refractivity contribution >= 4 is 23.2 Å². The van der Waals surface area contributed by atoms with E-state index >= 15 is 0 Å². The second kappa shape index (κ2) is 5.05. The van der Waals surface area contributed by atoms with Crippen molar-refractivity contribution in [2.75, 3.05) is 17.7 Å². The van der Waals surface area contributed by atoms with Crippen LogP contribution in [0.1, 0.15) is 5.82 Å². The third kappa shape index (κ3) is 2.68. The molecule has 0 saturated carbocycles. The van der Waals surface area contributed by atoms with Gasteiger partial charge in [-0.15, -0.1) is 10.2 Å². The number of hydrogen-bond donors (Lipinski definition) is 2. The Balaban J connectivity index is 2.02. The number of halogens is 1. The Labute approximate surface area is 105 Å². The molecule has 0 aliphatic rings. The van der Waals surface area contributed by atoms with E-state index in [-0.39, 0.29) is 0 Å². The fourth-order valence-electron chi connectivity index (χ4n) is 1.48. The van der Waals surface area contributed by atoms with Gasteiger partial charge in [-0.05, 0) is 24.3 Å². The molecule has 0 amide bonds. The number of nitrogens with one attached hydrogen (secondary N) is 2. The Kier molecular flexibility index (Phi) is 3.49. The minimum absolute atomic E-state index is 0.618. The maximum atomic E-state index is 5.81. The van der Waals surface area contributed by atoms with Crippen molar-refractivity contribution in [1.82, 2.24) is 14.8 Å². The number of hydrogen-bond acceptors (Lipinski definition) is 4. The van der Waals surface area contributed by atoms with Crippen LogP contribution in [-0.4, -0.2) is 21.8 Å². The van der Waals surface area contributed by atoms with Gasteiger partial charge >= 0.3 is 0 Å². The molecule has 5 nitrogen and oxygen atoms in total. The quantitative estimate of drug-likeness (QED) is 0.874. The van der Waals surface area contributed by atoms with Crippen molar-refractivity contribution in [3.63, 3.8) is 0 Å². The summed E-state index contributed by atoms with van der Waals surface area (Å²) in [5.74, 6) is 1.61. The Hall–Kier alpha value is -1.75. The van der Waals surface area contributed by atoms with Gasteiger partial charge in [-0.2, -0.15) is 0 Å². The molecule has 0 spiro atoms. The van der Waals surface area contributed by atoms with E-state index in [9.17, 15) is 0 Å². The lowest BCUT2D eigenvalue weighted by molar-refractivity contribution is 0.816. The zero-order valence-electron chi connectivity index (χ0n) is 9.74. The monoisotopic (exact) mass is 251 g/mol. The summed E-state index contributed by atoms with van der Waals surface area (Å²) in [6.07, 6.45) is 0. The van der Waals surface area contributed by atoms with Crippen molar-refractivity contribution in [2.24, 2.45) is 7.05 Å². The predicted molar refractivity (Wildman–Crippen MR) is 69.3 cm³/mol. The molecule has 0 bridgehead atoms. The maximum Gasteiger partial charge on any atom is 0.224 e. The SMILES string of the molecule is CNc1nnc(CNc2ccc(Cl)cc2)n1C. The molecule has 0 unspecified atom stereocenters. The van der Waals surface area contributed by atoms with E-state index in [1.807, 2.05) is 42.9 Å². The van der Waals surface area contributed by atoms with Gasteiger partial charge in [-0.1, -0.05) is 11.6 Å². The first kappa shape index (κ1) is 11.7. The van der Waals surface area contributed by atoms with Crippen LogP contribution in [-0.2, 0) is 13.6 Å². The van der Waals surface area contributed by atoms with Crippen molar-refractivity contribution in [3.8, 4) is 0 Å². The summed E-state index contributed by atoms with van der Waals surface area (Å²) in [5.41, 5.74) is 1.00. The van der Waals surface area contributed by atoms with Crippen LogP contribution in [0.15, 0.2) is 24.3 Å². The molecule has 2 rings (SSSR count). The molecular weight excluding hydrogens is 238 g/mol. The second-order valence-corrected chi connectivity index (χ2v) is 4.05. The Morgan fingerprint density at radius 3 is 2.53 bits per heavy atom. The molecule has 0 radical (unpaired) electrons. The van der Waals surface area contributed by atoms with E-state index in [2.05, 4.69) is 20.8 Å². The van der Waals surface area contributed by atoms with Crippen LogP contribution in [0, 0.1) is 0 Å². The smallest absolute Gasteiger partial charge is 0.224 e. The van der Waals surface area contributed by atoms with Crippen LogP contribution in [0.5, 0.6) is 0 Å². The molecular formula is C11H14ClN5. The van der Waals surface area contributed by atoms with Crippen LogP contribution >= 0.6 is 11.6 Å². The van der Waals surface area contributed by atoms with E-state index in [0.29, 0.717) is 6.54 Å². The zero-order valence-corrected chi connectivity index (χ0v) is 10.5. The van der Waals surface area contributed by atoms with Crippen LogP contribution in [0.2, 0.25) is 5.02 Å². The van der Waals surface area contributed by atoms with Crippen LogP contribution < -0.4 is 10.6 Å². The van der Waals surface area contributed by atoms with Crippen LogP contribution in [0.4, 0.5) is 11.6 Å². The van der Waals surface area contributed by atoms with Crippen LogP contribution in [0.25, 0.3) is 0 Å². The van der Waals surface area contributed by atoms with E-state index in [0.717, 1.165) is 22.5 Å². The maximum absolute atomic E-state index is 5.81. The van der Waals surface area contributed by atoms with Crippen molar-refractivity contribution in [3.05, 3.63) is 35.1 Å². The fourth-order valence-corrected chi connectivity index (χ4v) is 1.61. The summed E-state index contributed by atoms with van der Waals surface area (Å²) in [6.45, 7) is 0.618. The number of aromatic nitrogens is 3. The fraction of sp³-hybridized carbons (Fsp3) is 0.273. The highest BCUT2D eigenvalue weighted by molar-refractivity contribution is 6.30. The number of anilines is 2. The third-order valence-corrected chi connectivity index (χ3v) is 2.74. The first-order valence-electron chi connectivity index (χ1n) is 5.26. The molecule has 90 valence electrons. The van der Waals surface area contributed by atoms with Crippen LogP contribution in [0.3, 0.4) is 0 Å². The molecule has 2 N–H and O–H groups in total. The molecule has 6 heteroatoms. The highest BCUT2D eigenvalue weighted by Gasteiger charge is 2.06. The number of nitrogens with zero attached hydrogens (tertiary/aromatic N) is 3. The lowest BCUT2D eigenvalue weighted by atomic mass is 10.3. The Morgan fingerprint density at radius 2 is 1.94 bits per heavy atom. The summed E-state index contributed by atoms with van der Waals surface area (Å²) in [7, 11) is 3.74. The second-order valence-electron chi connectivity index (χ2n) is 3.61. The molecule has 17 heavy (non-hydrogen) atoms. The first-order chi connectivity index (χ1) is 8.20. The highest BCUT2D eigenvalue weighted by atomic mass is 35.5. The minimum atomic E-state index is 0.618. The summed E-state index contributed by atoms with van der Waals surface area (Å²) < 4.78 is 1.91. The minimum Gasteiger partial charge on any atom is -0.378 e. The highest BCUT2D eigenvalue weighted by Crippen LogP contribution is 2.14. The van der Waals surface area contributed by atoms with E-state index in [1.165, 1.54) is 0 Å². The number of rotatable bonds is 4. The molecule has 1 aromatic heterocycles. The molecule has 0 fully saturated rings. The normalized spacial score (nSPS) is 10.3. The Morgan fingerprint density at radius 1 is 1.24 bits per heavy atom. The van der Waals surface area contributed by atoms with Gasteiger partial charge in [0.05, 0.1) is 6.54 Å². The van der Waals surface area contributed by atoms with E-state index in [1.54, 1.807) is 0 Å². The van der Waals surface area contributed by atoms with Gasteiger partial charge in [-0.25, -0.2) is 0 Å². The molecule has 0 atom stereocenters. The zero-order chi connectivity index (χ0) is 12.3. The standard InChI is InChI=1S/C11H14ClN5/c1-13-11-16-15-10(17(11)2)7-14-9-5-3-8(12)4-6-9/h3-6,14H,7H2,1-2H3,(H,13,16). The topological polar surface area (TPSA) is 54.8 Å².